The van der Waals surface area contributed by atoms with Crippen LogP contribution in [-0.2, 0) is 0 Å². The molecule has 1 amide bonds. The van der Waals surface area contributed by atoms with Crippen molar-refractivity contribution in [1.29, 1.82) is 0 Å². The van der Waals surface area contributed by atoms with E-state index < -0.39 is 10.8 Å². The fourth-order valence-corrected chi connectivity index (χ4v) is 2.52. The van der Waals surface area contributed by atoms with Crippen molar-refractivity contribution in [3.8, 4) is 11.5 Å². The van der Waals surface area contributed by atoms with Crippen LogP contribution in [0.15, 0.2) is 12.1 Å². The maximum Gasteiger partial charge on any atom is 0.286 e. The summed E-state index contributed by atoms with van der Waals surface area (Å²) in [6.45, 7) is 2.80. The third kappa shape index (κ3) is 2.82. The van der Waals surface area contributed by atoms with Gasteiger partial charge in [0.05, 0.1) is 25.2 Å². The van der Waals surface area contributed by atoms with Gasteiger partial charge in [-0.1, -0.05) is 6.92 Å². The summed E-state index contributed by atoms with van der Waals surface area (Å²) in [5.74, 6) is 0.209. The Hall–Kier alpha value is -2.35. The molecule has 2 rings (SSSR count). The van der Waals surface area contributed by atoms with E-state index >= 15 is 0 Å². The third-order valence-corrected chi connectivity index (χ3v) is 3.89. The molecule has 0 spiro atoms. The highest BCUT2D eigenvalue weighted by Gasteiger charge is 2.34. The molecule has 22 heavy (non-hydrogen) atoms. The minimum absolute atomic E-state index is 0.0241. The van der Waals surface area contributed by atoms with Crippen LogP contribution in [0.25, 0.3) is 0 Å². The van der Waals surface area contributed by atoms with Crippen LogP contribution in [0.1, 0.15) is 17.3 Å². The fraction of sp³-hybridized carbons (Fsp3) is 0.500. The van der Waals surface area contributed by atoms with Gasteiger partial charge in [-0.3, -0.25) is 14.9 Å². The van der Waals surface area contributed by atoms with Crippen molar-refractivity contribution in [2.75, 3.05) is 27.3 Å². The number of nitro benzene ring substituents is 1. The molecule has 2 unspecified atom stereocenters. The predicted molar refractivity (Wildman–Crippen MR) is 79.2 cm³/mol. The van der Waals surface area contributed by atoms with E-state index in [0.29, 0.717) is 13.1 Å². The first-order valence-electron chi connectivity index (χ1n) is 6.84. The number of nitro groups is 1. The number of carbonyl (C=O) groups excluding carboxylic acids is 1. The van der Waals surface area contributed by atoms with Crippen molar-refractivity contribution in [2.24, 2.45) is 11.7 Å². The Balaban J connectivity index is 2.44. The Morgan fingerprint density at radius 2 is 1.91 bits per heavy atom. The third-order valence-electron chi connectivity index (χ3n) is 3.89. The van der Waals surface area contributed by atoms with Crippen molar-refractivity contribution in [3.63, 3.8) is 0 Å². The van der Waals surface area contributed by atoms with E-state index in [4.69, 9.17) is 15.2 Å². The molecule has 0 radical (unpaired) electrons. The van der Waals surface area contributed by atoms with E-state index in [1.165, 1.54) is 31.3 Å². The van der Waals surface area contributed by atoms with Gasteiger partial charge in [-0.05, 0) is 5.92 Å². The molecule has 1 aromatic carbocycles. The lowest BCUT2D eigenvalue weighted by molar-refractivity contribution is -0.385. The molecule has 1 aliphatic rings. The Morgan fingerprint density at radius 1 is 1.32 bits per heavy atom. The van der Waals surface area contributed by atoms with Gasteiger partial charge < -0.3 is 20.1 Å². The van der Waals surface area contributed by atoms with Crippen LogP contribution in [0.5, 0.6) is 11.5 Å². The van der Waals surface area contributed by atoms with Crippen molar-refractivity contribution >= 4 is 11.6 Å². The number of methoxy groups -OCH3 is 2. The second kappa shape index (κ2) is 6.18. The second-order valence-electron chi connectivity index (χ2n) is 5.33. The SMILES string of the molecule is COc1cc(C(=O)N2CC(C)C(N)C2)c([N+](=O)[O-])cc1OC. The largest absolute Gasteiger partial charge is 0.493 e. The first kappa shape index (κ1) is 16.0. The molecule has 1 aliphatic heterocycles. The number of rotatable bonds is 4. The molecule has 8 heteroatoms. The molecule has 1 fully saturated rings. The molecule has 0 bridgehead atoms. The van der Waals surface area contributed by atoms with Crippen LogP contribution < -0.4 is 15.2 Å². The monoisotopic (exact) mass is 309 g/mol. The highest BCUT2D eigenvalue weighted by atomic mass is 16.6. The van der Waals surface area contributed by atoms with E-state index in [1.54, 1.807) is 0 Å². The molecule has 2 N–H and O–H groups in total. The van der Waals surface area contributed by atoms with Crippen LogP contribution in [0.3, 0.4) is 0 Å². The van der Waals surface area contributed by atoms with Gasteiger partial charge >= 0.3 is 0 Å². The Morgan fingerprint density at radius 3 is 2.36 bits per heavy atom. The van der Waals surface area contributed by atoms with Crippen molar-refractivity contribution in [2.45, 2.75) is 13.0 Å². The molecule has 1 saturated heterocycles. The number of benzene rings is 1. The summed E-state index contributed by atoms with van der Waals surface area (Å²) in [6.07, 6.45) is 0. The van der Waals surface area contributed by atoms with E-state index in [-0.39, 0.29) is 34.7 Å². The molecule has 0 aromatic heterocycles. The number of ether oxygens (including phenoxy) is 2. The van der Waals surface area contributed by atoms with Crippen molar-refractivity contribution in [1.82, 2.24) is 4.90 Å². The number of hydrogen-bond donors (Lipinski definition) is 1. The lowest BCUT2D eigenvalue weighted by Gasteiger charge is -2.17. The first-order valence-corrected chi connectivity index (χ1v) is 6.84. The molecule has 1 aromatic rings. The smallest absolute Gasteiger partial charge is 0.286 e. The van der Waals surface area contributed by atoms with Gasteiger partial charge in [-0.15, -0.1) is 0 Å². The van der Waals surface area contributed by atoms with Crippen LogP contribution in [0.2, 0.25) is 0 Å². The molecule has 0 saturated carbocycles. The Bertz CT molecular complexity index is 594. The molecule has 1 heterocycles. The van der Waals surface area contributed by atoms with Gasteiger partial charge in [0.1, 0.15) is 5.56 Å². The summed E-state index contributed by atoms with van der Waals surface area (Å²) in [6, 6.07) is 2.42. The summed E-state index contributed by atoms with van der Waals surface area (Å²) in [4.78, 5) is 24.8. The number of hydrogen-bond acceptors (Lipinski definition) is 6. The summed E-state index contributed by atoms with van der Waals surface area (Å²) in [5, 5.41) is 11.3. The number of amides is 1. The van der Waals surface area contributed by atoms with Crippen molar-refractivity contribution in [3.05, 3.63) is 27.8 Å². The average molecular weight is 309 g/mol. The van der Waals surface area contributed by atoms with Gasteiger partial charge in [0.15, 0.2) is 11.5 Å². The van der Waals surface area contributed by atoms with Gasteiger partial charge in [-0.25, -0.2) is 0 Å². The molecular formula is C14H19N3O5. The normalized spacial score (nSPS) is 20.8. The predicted octanol–water partition coefficient (Wildman–Crippen LogP) is 1.03. The lowest BCUT2D eigenvalue weighted by Crippen LogP contribution is -2.32. The minimum Gasteiger partial charge on any atom is -0.493 e. The lowest BCUT2D eigenvalue weighted by atomic mass is 10.1. The first-order chi connectivity index (χ1) is 10.4. The van der Waals surface area contributed by atoms with E-state index in [0.717, 1.165) is 0 Å². The number of nitrogens with zero attached hydrogens (tertiary/aromatic N) is 2. The number of carbonyl (C=O) groups is 1. The Labute approximate surface area is 127 Å². The topological polar surface area (TPSA) is 108 Å². The molecule has 2 atom stereocenters. The van der Waals surface area contributed by atoms with Crippen LogP contribution >= 0.6 is 0 Å². The molecule has 0 aliphatic carbocycles. The maximum atomic E-state index is 12.6. The summed E-state index contributed by atoms with van der Waals surface area (Å²) < 4.78 is 10.2. The zero-order chi connectivity index (χ0) is 16.4. The van der Waals surface area contributed by atoms with Gasteiger partial charge in [0.25, 0.3) is 11.6 Å². The van der Waals surface area contributed by atoms with E-state index in [2.05, 4.69) is 0 Å². The zero-order valence-electron chi connectivity index (χ0n) is 12.7. The highest BCUT2D eigenvalue weighted by Crippen LogP contribution is 2.35. The standard InChI is InChI=1S/C14H19N3O5/c1-8-6-16(7-10(8)15)14(18)9-4-12(21-2)13(22-3)5-11(9)17(19)20/h4-5,8,10H,6-7,15H2,1-3H3. The maximum absolute atomic E-state index is 12.6. The minimum atomic E-state index is -0.603. The second-order valence-corrected chi connectivity index (χ2v) is 5.33. The van der Waals surface area contributed by atoms with E-state index in [1.807, 2.05) is 6.92 Å². The molecule has 120 valence electrons. The van der Waals surface area contributed by atoms with Gasteiger partial charge in [0, 0.05) is 25.2 Å². The number of nitrogens with two attached hydrogens (primary N) is 1. The highest BCUT2D eigenvalue weighted by molar-refractivity contribution is 5.99. The summed E-state index contributed by atoms with van der Waals surface area (Å²) in [7, 11) is 2.79. The van der Waals surface area contributed by atoms with Crippen LogP contribution in [-0.4, -0.2) is 49.1 Å². The van der Waals surface area contributed by atoms with Crippen LogP contribution in [0, 0.1) is 16.0 Å². The van der Waals surface area contributed by atoms with Crippen LogP contribution in [0.4, 0.5) is 5.69 Å². The number of likely N-dealkylation sites (tertiary alicyclic amines) is 1. The molecular weight excluding hydrogens is 290 g/mol. The summed E-state index contributed by atoms with van der Waals surface area (Å²) >= 11 is 0. The van der Waals surface area contributed by atoms with Crippen molar-refractivity contribution < 1.29 is 19.2 Å². The van der Waals surface area contributed by atoms with E-state index in [9.17, 15) is 14.9 Å². The summed E-state index contributed by atoms with van der Waals surface area (Å²) in [5.41, 5.74) is 5.58. The Kier molecular flexibility index (Phi) is 4.51. The zero-order valence-corrected chi connectivity index (χ0v) is 12.7. The molecule has 8 nitrogen and oxygen atoms in total. The van der Waals surface area contributed by atoms with Gasteiger partial charge in [0.2, 0.25) is 0 Å². The van der Waals surface area contributed by atoms with Gasteiger partial charge in [-0.2, -0.15) is 0 Å². The fourth-order valence-electron chi connectivity index (χ4n) is 2.52. The average Bonchev–Trinajstić information content (AvgIpc) is 2.84. The quantitative estimate of drug-likeness (QED) is 0.657.